The van der Waals surface area contributed by atoms with Gasteiger partial charge in [-0.1, -0.05) is 18.2 Å². The summed E-state index contributed by atoms with van der Waals surface area (Å²) in [5.74, 6) is 0.629. The molecule has 2 heterocycles. The zero-order chi connectivity index (χ0) is 14.7. The van der Waals surface area contributed by atoms with E-state index < -0.39 is 0 Å². The number of hydrogen-bond acceptors (Lipinski definition) is 4. The Morgan fingerprint density at radius 2 is 1.86 bits per heavy atom. The van der Waals surface area contributed by atoms with Gasteiger partial charge in [-0.2, -0.15) is 0 Å². The zero-order valence-electron chi connectivity index (χ0n) is 12.6. The van der Waals surface area contributed by atoms with Gasteiger partial charge in [0.05, 0.1) is 12.7 Å². The minimum Gasteiger partial charge on any atom is -0.395 e. The van der Waals surface area contributed by atoms with E-state index in [0.29, 0.717) is 12.5 Å². The first-order chi connectivity index (χ1) is 10.3. The molecule has 3 atom stereocenters. The van der Waals surface area contributed by atoms with Gasteiger partial charge in [-0.15, -0.1) is 0 Å². The fraction of sp³-hybridized carbons (Fsp3) is 0.647. The SMILES string of the molecule is OC[C@H]1CC[C@@H](O)CN1C[C@H]1CCN(c2ccccc2)C1. The molecule has 0 spiro atoms. The van der Waals surface area contributed by atoms with Crippen molar-refractivity contribution in [3.05, 3.63) is 30.3 Å². The highest BCUT2D eigenvalue weighted by Gasteiger charge is 2.31. The predicted molar refractivity (Wildman–Crippen MR) is 84.4 cm³/mol. The third kappa shape index (κ3) is 3.57. The van der Waals surface area contributed by atoms with Crippen LogP contribution >= 0.6 is 0 Å². The van der Waals surface area contributed by atoms with Crippen LogP contribution in [-0.4, -0.2) is 60.0 Å². The van der Waals surface area contributed by atoms with E-state index in [-0.39, 0.29) is 18.8 Å². The quantitative estimate of drug-likeness (QED) is 0.878. The first kappa shape index (κ1) is 14.8. The van der Waals surface area contributed by atoms with Crippen molar-refractivity contribution in [2.24, 2.45) is 5.92 Å². The number of para-hydroxylation sites is 1. The molecule has 0 amide bonds. The molecule has 2 aliphatic rings. The van der Waals surface area contributed by atoms with Crippen LogP contribution in [0.4, 0.5) is 5.69 Å². The number of likely N-dealkylation sites (tertiary alicyclic amines) is 1. The number of aliphatic hydroxyl groups is 2. The summed E-state index contributed by atoms with van der Waals surface area (Å²) >= 11 is 0. The molecule has 0 saturated carbocycles. The number of hydrogen-bond donors (Lipinski definition) is 2. The van der Waals surface area contributed by atoms with E-state index in [1.807, 2.05) is 0 Å². The van der Waals surface area contributed by atoms with Crippen LogP contribution in [0.2, 0.25) is 0 Å². The second-order valence-corrected chi connectivity index (χ2v) is 6.46. The highest BCUT2D eigenvalue weighted by molar-refractivity contribution is 5.46. The third-order valence-corrected chi connectivity index (χ3v) is 4.91. The highest BCUT2D eigenvalue weighted by atomic mass is 16.3. The Balaban J connectivity index is 1.56. The van der Waals surface area contributed by atoms with E-state index in [0.717, 1.165) is 32.5 Å². The van der Waals surface area contributed by atoms with E-state index in [2.05, 4.69) is 40.1 Å². The molecule has 1 aromatic rings. The van der Waals surface area contributed by atoms with Gasteiger partial charge in [0.2, 0.25) is 0 Å². The number of nitrogens with zero attached hydrogens (tertiary/aromatic N) is 2. The van der Waals surface area contributed by atoms with Gasteiger partial charge in [-0.05, 0) is 37.3 Å². The van der Waals surface area contributed by atoms with Gasteiger partial charge in [0.15, 0.2) is 0 Å². The maximum atomic E-state index is 9.86. The summed E-state index contributed by atoms with van der Waals surface area (Å²) in [7, 11) is 0. The number of anilines is 1. The first-order valence-corrected chi connectivity index (χ1v) is 8.09. The number of piperidine rings is 1. The van der Waals surface area contributed by atoms with Crippen molar-refractivity contribution in [3.63, 3.8) is 0 Å². The summed E-state index contributed by atoms with van der Waals surface area (Å²) < 4.78 is 0. The number of β-amino-alcohol motifs (C(OH)–C–C–N with tert-alkyl or cyclic N) is 1. The van der Waals surface area contributed by atoms with Gasteiger partial charge in [0.25, 0.3) is 0 Å². The van der Waals surface area contributed by atoms with Crippen molar-refractivity contribution in [3.8, 4) is 0 Å². The van der Waals surface area contributed by atoms with Crippen LogP contribution < -0.4 is 4.90 Å². The standard InChI is InChI=1S/C17H26N2O2/c20-13-16-6-7-17(21)12-19(16)11-14-8-9-18(10-14)15-4-2-1-3-5-15/h1-5,14,16-17,20-21H,6-13H2/t14-,16+,17+/m0/s1. The molecular weight excluding hydrogens is 264 g/mol. The minimum absolute atomic E-state index is 0.210. The summed E-state index contributed by atoms with van der Waals surface area (Å²) in [5, 5.41) is 19.4. The van der Waals surface area contributed by atoms with Crippen molar-refractivity contribution in [2.75, 3.05) is 37.7 Å². The summed E-state index contributed by atoms with van der Waals surface area (Å²) in [6, 6.07) is 10.8. The molecule has 2 N–H and O–H groups in total. The van der Waals surface area contributed by atoms with Crippen LogP contribution in [0.15, 0.2) is 30.3 Å². The molecule has 21 heavy (non-hydrogen) atoms. The fourth-order valence-electron chi connectivity index (χ4n) is 3.70. The summed E-state index contributed by atoms with van der Waals surface area (Å²) in [6.45, 7) is 4.10. The van der Waals surface area contributed by atoms with Gasteiger partial charge in [0, 0.05) is 37.9 Å². The maximum Gasteiger partial charge on any atom is 0.0667 e. The van der Waals surface area contributed by atoms with Crippen molar-refractivity contribution in [2.45, 2.75) is 31.4 Å². The molecule has 2 aliphatic heterocycles. The lowest BCUT2D eigenvalue weighted by atomic mass is 9.98. The van der Waals surface area contributed by atoms with Crippen LogP contribution in [0.5, 0.6) is 0 Å². The predicted octanol–water partition coefficient (Wildman–Crippen LogP) is 1.33. The Bertz CT molecular complexity index is 440. The highest BCUT2D eigenvalue weighted by Crippen LogP contribution is 2.26. The van der Waals surface area contributed by atoms with E-state index in [9.17, 15) is 10.2 Å². The smallest absolute Gasteiger partial charge is 0.0667 e. The van der Waals surface area contributed by atoms with Crippen LogP contribution in [0.3, 0.4) is 0 Å². The lowest BCUT2D eigenvalue weighted by Gasteiger charge is -2.38. The van der Waals surface area contributed by atoms with Crippen LogP contribution in [0.25, 0.3) is 0 Å². The molecule has 0 radical (unpaired) electrons. The zero-order valence-corrected chi connectivity index (χ0v) is 12.6. The fourth-order valence-corrected chi connectivity index (χ4v) is 3.70. The Kier molecular flexibility index (Phi) is 4.78. The Hall–Kier alpha value is -1.10. The molecule has 2 fully saturated rings. The van der Waals surface area contributed by atoms with Crippen LogP contribution in [0.1, 0.15) is 19.3 Å². The second kappa shape index (κ2) is 6.77. The molecule has 3 rings (SSSR count). The monoisotopic (exact) mass is 290 g/mol. The largest absolute Gasteiger partial charge is 0.395 e. The van der Waals surface area contributed by atoms with E-state index in [1.54, 1.807) is 0 Å². The molecule has 0 bridgehead atoms. The molecule has 0 aliphatic carbocycles. The average molecular weight is 290 g/mol. The Morgan fingerprint density at radius 1 is 1.05 bits per heavy atom. The lowest BCUT2D eigenvalue weighted by Crippen LogP contribution is -2.49. The normalized spacial score (nSPS) is 30.8. The molecule has 116 valence electrons. The molecular formula is C17H26N2O2. The van der Waals surface area contributed by atoms with Crippen LogP contribution in [-0.2, 0) is 0 Å². The molecule has 4 nitrogen and oxygen atoms in total. The maximum absolute atomic E-state index is 9.86. The minimum atomic E-state index is -0.223. The third-order valence-electron chi connectivity index (χ3n) is 4.91. The van der Waals surface area contributed by atoms with E-state index in [4.69, 9.17) is 0 Å². The van der Waals surface area contributed by atoms with E-state index in [1.165, 1.54) is 12.1 Å². The van der Waals surface area contributed by atoms with Crippen molar-refractivity contribution >= 4 is 5.69 Å². The molecule has 1 aromatic carbocycles. The van der Waals surface area contributed by atoms with Crippen LogP contribution in [0, 0.1) is 5.92 Å². The van der Waals surface area contributed by atoms with Crippen molar-refractivity contribution in [1.82, 2.24) is 4.90 Å². The molecule has 0 aromatic heterocycles. The Morgan fingerprint density at radius 3 is 2.62 bits per heavy atom. The summed E-state index contributed by atoms with van der Waals surface area (Å²) in [6.07, 6.45) is 2.70. The van der Waals surface area contributed by atoms with Crippen molar-refractivity contribution in [1.29, 1.82) is 0 Å². The molecule has 4 heteroatoms. The van der Waals surface area contributed by atoms with Crippen molar-refractivity contribution < 1.29 is 10.2 Å². The lowest BCUT2D eigenvalue weighted by molar-refractivity contribution is 0.00726. The van der Waals surface area contributed by atoms with Gasteiger partial charge < -0.3 is 15.1 Å². The number of rotatable bonds is 4. The second-order valence-electron chi connectivity index (χ2n) is 6.46. The first-order valence-electron chi connectivity index (χ1n) is 8.09. The van der Waals surface area contributed by atoms with Gasteiger partial charge in [-0.25, -0.2) is 0 Å². The Labute approximate surface area is 127 Å². The van der Waals surface area contributed by atoms with Gasteiger partial charge >= 0.3 is 0 Å². The topological polar surface area (TPSA) is 46.9 Å². The van der Waals surface area contributed by atoms with Gasteiger partial charge in [-0.3, -0.25) is 4.90 Å². The van der Waals surface area contributed by atoms with E-state index >= 15 is 0 Å². The van der Waals surface area contributed by atoms with Gasteiger partial charge in [0.1, 0.15) is 0 Å². The number of aliphatic hydroxyl groups excluding tert-OH is 2. The summed E-state index contributed by atoms with van der Waals surface area (Å²) in [5.41, 5.74) is 1.30. The average Bonchev–Trinajstić information content (AvgIpc) is 2.97. The molecule has 0 unspecified atom stereocenters. The number of benzene rings is 1. The molecule has 2 saturated heterocycles. The summed E-state index contributed by atoms with van der Waals surface area (Å²) in [4.78, 5) is 4.74.